The van der Waals surface area contributed by atoms with Gasteiger partial charge in [-0.05, 0) is 49.2 Å². The van der Waals surface area contributed by atoms with E-state index < -0.39 is 5.97 Å². The summed E-state index contributed by atoms with van der Waals surface area (Å²) in [5, 5.41) is 8.30. The fraction of sp³-hybridized carbons (Fsp3) is 0.190. The Morgan fingerprint density at radius 1 is 1.23 bits per heavy atom. The van der Waals surface area contributed by atoms with Crippen LogP contribution in [0.5, 0.6) is 0 Å². The Kier molecular flexibility index (Phi) is 4.98. The number of methoxy groups -OCH3 is 1. The Morgan fingerprint density at radius 2 is 2.04 bits per heavy atom. The number of carbonyl (C=O) groups is 1. The van der Waals surface area contributed by atoms with Crippen LogP contribution in [-0.4, -0.2) is 23.8 Å². The number of fused-ring (bicyclic) bond motifs is 1. The highest BCUT2D eigenvalue weighted by atomic mass is 16.5. The predicted molar refractivity (Wildman–Crippen MR) is 102 cm³/mol. The minimum Gasteiger partial charge on any atom is -0.465 e. The predicted octanol–water partition coefficient (Wildman–Crippen LogP) is 5.01. The Balaban J connectivity index is 1.99. The van der Waals surface area contributed by atoms with E-state index in [4.69, 9.17) is 14.6 Å². The number of hydrogen-bond acceptors (Lipinski definition) is 5. The second kappa shape index (κ2) is 7.35. The van der Waals surface area contributed by atoms with Crippen LogP contribution >= 0.6 is 0 Å². The lowest BCUT2D eigenvalue weighted by Crippen LogP contribution is -2.00. The first kappa shape index (κ1) is 17.6. The number of hydrogen-bond donors (Lipinski definition) is 1. The van der Waals surface area contributed by atoms with Crippen molar-refractivity contribution in [3.05, 3.63) is 65.2 Å². The second-order valence-corrected chi connectivity index (χ2v) is 5.94. The van der Waals surface area contributed by atoms with Crippen LogP contribution in [0.3, 0.4) is 0 Å². The van der Waals surface area contributed by atoms with E-state index in [0.717, 1.165) is 17.6 Å². The Bertz CT molecular complexity index is 1020. The third-order valence-corrected chi connectivity index (χ3v) is 4.11. The molecule has 3 rings (SSSR count). The van der Waals surface area contributed by atoms with Crippen LogP contribution in [0.2, 0.25) is 0 Å². The summed E-state index contributed by atoms with van der Waals surface area (Å²) in [4.78, 5) is 16.2. The second-order valence-electron chi connectivity index (χ2n) is 5.94. The summed E-state index contributed by atoms with van der Waals surface area (Å²) < 4.78 is 10.6. The SMILES string of the molecule is CCC=C(C)C(=N)c1ccc2nc(-c3cccc(C(=O)OC)c3)oc2c1. The molecule has 0 saturated heterocycles. The Hall–Kier alpha value is -3.21. The number of allylic oxidation sites excluding steroid dienone is 2. The smallest absolute Gasteiger partial charge is 0.337 e. The third kappa shape index (κ3) is 3.42. The number of benzene rings is 2. The third-order valence-electron chi connectivity index (χ3n) is 4.11. The van der Waals surface area contributed by atoms with E-state index in [-0.39, 0.29) is 0 Å². The number of carbonyl (C=O) groups excluding carboxylic acids is 1. The van der Waals surface area contributed by atoms with Gasteiger partial charge in [-0.25, -0.2) is 9.78 Å². The van der Waals surface area contributed by atoms with Crippen LogP contribution in [0.1, 0.15) is 36.2 Å². The van der Waals surface area contributed by atoms with E-state index >= 15 is 0 Å². The average molecular weight is 348 g/mol. The highest BCUT2D eigenvalue weighted by molar-refractivity contribution is 6.11. The molecule has 1 N–H and O–H groups in total. The van der Waals surface area contributed by atoms with Crippen molar-refractivity contribution in [3.8, 4) is 11.5 Å². The first-order valence-electron chi connectivity index (χ1n) is 8.39. The van der Waals surface area contributed by atoms with Gasteiger partial charge in [0.1, 0.15) is 5.52 Å². The van der Waals surface area contributed by atoms with Gasteiger partial charge in [0.2, 0.25) is 5.89 Å². The molecule has 132 valence electrons. The molecule has 2 aromatic carbocycles. The van der Waals surface area contributed by atoms with Gasteiger partial charge in [0, 0.05) is 11.1 Å². The van der Waals surface area contributed by atoms with Gasteiger partial charge < -0.3 is 14.6 Å². The molecule has 1 aromatic heterocycles. The first-order chi connectivity index (χ1) is 12.5. The fourth-order valence-corrected chi connectivity index (χ4v) is 2.74. The van der Waals surface area contributed by atoms with E-state index in [1.165, 1.54) is 7.11 Å². The van der Waals surface area contributed by atoms with Gasteiger partial charge >= 0.3 is 5.97 Å². The number of rotatable bonds is 5. The van der Waals surface area contributed by atoms with Crippen molar-refractivity contribution in [3.63, 3.8) is 0 Å². The number of oxazole rings is 1. The van der Waals surface area contributed by atoms with E-state index in [1.807, 2.05) is 44.2 Å². The Labute approximate surface area is 151 Å². The fourth-order valence-electron chi connectivity index (χ4n) is 2.74. The van der Waals surface area contributed by atoms with Crippen molar-refractivity contribution >= 4 is 22.8 Å². The van der Waals surface area contributed by atoms with E-state index in [0.29, 0.717) is 33.8 Å². The molecule has 5 heteroatoms. The van der Waals surface area contributed by atoms with Gasteiger partial charge in [-0.15, -0.1) is 0 Å². The van der Waals surface area contributed by atoms with Crippen LogP contribution in [0.15, 0.2) is 58.5 Å². The Morgan fingerprint density at radius 3 is 2.77 bits per heavy atom. The zero-order valence-electron chi connectivity index (χ0n) is 15.0. The summed E-state index contributed by atoms with van der Waals surface area (Å²) in [6.45, 7) is 3.98. The van der Waals surface area contributed by atoms with Crippen molar-refractivity contribution < 1.29 is 13.9 Å². The topological polar surface area (TPSA) is 76.2 Å². The molecule has 0 aliphatic rings. The number of ether oxygens (including phenoxy) is 1. The van der Waals surface area contributed by atoms with Crippen molar-refractivity contribution in [2.45, 2.75) is 20.3 Å². The molecule has 0 unspecified atom stereocenters. The van der Waals surface area contributed by atoms with Crippen molar-refractivity contribution in [1.29, 1.82) is 5.41 Å². The summed E-state index contributed by atoms with van der Waals surface area (Å²) in [5.74, 6) is 0.0205. The molecule has 0 atom stereocenters. The van der Waals surface area contributed by atoms with Gasteiger partial charge in [0.05, 0.1) is 18.4 Å². The van der Waals surface area contributed by atoms with Crippen LogP contribution in [0.4, 0.5) is 0 Å². The first-order valence-corrected chi connectivity index (χ1v) is 8.39. The maximum atomic E-state index is 11.7. The average Bonchev–Trinajstić information content (AvgIpc) is 3.10. The monoisotopic (exact) mass is 348 g/mol. The normalized spacial score (nSPS) is 11.6. The van der Waals surface area contributed by atoms with Crippen LogP contribution in [-0.2, 0) is 4.74 Å². The zero-order chi connectivity index (χ0) is 18.7. The van der Waals surface area contributed by atoms with Crippen molar-refractivity contribution in [2.24, 2.45) is 0 Å². The molecule has 0 bridgehead atoms. The van der Waals surface area contributed by atoms with E-state index in [9.17, 15) is 4.79 Å². The number of nitrogens with one attached hydrogen (secondary N) is 1. The van der Waals surface area contributed by atoms with E-state index in [1.54, 1.807) is 18.2 Å². The summed E-state index contributed by atoms with van der Waals surface area (Å²) in [7, 11) is 1.35. The molecule has 26 heavy (non-hydrogen) atoms. The highest BCUT2D eigenvalue weighted by Crippen LogP contribution is 2.26. The maximum absolute atomic E-state index is 11.7. The standard InChI is InChI=1S/C21H20N2O3/c1-4-6-13(2)19(22)14-9-10-17-18(12-14)26-20(23-17)15-7-5-8-16(11-15)21(24)25-3/h5-12,22H,4H2,1-3H3. The molecule has 3 aromatic rings. The van der Waals surface area contributed by atoms with Gasteiger partial charge in [0.25, 0.3) is 0 Å². The largest absolute Gasteiger partial charge is 0.465 e. The molecule has 0 spiro atoms. The number of nitrogens with zero attached hydrogens (tertiary/aromatic N) is 1. The molecule has 1 heterocycles. The van der Waals surface area contributed by atoms with Gasteiger partial charge in [-0.2, -0.15) is 0 Å². The molecule has 0 fully saturated rings. The molecule has 0 aliphatic carbocycles. The lowest BCUT2D eigenvalue weighted by Gasteiger charge is -2.03. The van der Waals surface area contributed by atoms with E-state index in [2.05, 4.69) is 4.98 Å². The minimum absolute atomic E-state index is 0.406. The molecule has 0 amide bonds. The van der Waals surface area contributed by atoms with Gasteiger partial charge in [-0.3, -0.25) is 0 Å². The van der Waals surface area contributed by atoms with Crippen LogP contribution in [0.25, 0.3) is 22.6 Å². The van der Waals surface area contributed by atoms with Crippen molar-refractivity contribution in [2.75, 3.05) is 7.11 Å². The maximum Gasteiger partial charge on any atom is 0.337 e. The summed E-state index contributed by atoms with van der Waals surface area (Å²) >= 11 is 0. The quantitative estimate of drug-likeness (QED) is 0.520. The summed E-state index contributed by atoms with van der Waals surface area (Å²) in [6.07, 6.45) is 2.91. The zero-order valence-corrected chi connectivity index (χ0v) is 15.0. The lowest BCUT2D eigenvalue weighted by molar-refractivity contribution is 0.0601. The summed E-state index contributed by atoms with van der Waals surface area (Å²) in [5.41, 5.74) is 4.63. The molecular weight excluding hydrogens is 328 g/mol. The molecule has 0 radical (unpaired) electrons. The van der Waals surface area contributed by atoms with Crippen LogP contribution < -0.4 is 0 Å². The van der Waals surface area contributed by atoms with Gasteiger partial charge in [-0.1, -0.05) is 25.1 Å². The highest BCUT2D eigenvalue weighted by Gasteiger charge is 2.13. The lowest BCUT2D eigenvalue weighted by atomic mass is 10.0. The molecule has 0 saturated carbocycles. The minimum atomic E-state index is -0.406. The number of aromatic nitrogens is 1. The summed E-state index contributed by atoms with van der Waals surface area (Å²) in [6, 6.07) is 12.5. The van der Waals surface area contributed by atoms with Crippen molar-refractivity contribution in [1.82, 2.24) is 4.98 Å². The molecular formula is C21H20N2O3. The van der Waals surface area contributed by atoms with Gasteiger partial charge in [0.15, 0.2) is 5.58 Å². The number of esters is 1. The molecule has 0 aliphatic heterocycles. The van der Waals surface area contributed by atoms with Crippen LogP contribution in [0, 0.1) is 5.41 Å². The molecule has 5 nitrogen and oxygen atoms in total.